The fourth-order valence-electron chi connectivity index (χ4n) is 1.89. The second-order valence-corrected chi connectivity index (χ2v) is 4.22. The van der Waals surface area contributed by atoms with Gasteiger partial charge in [0, 0.05) is 17.8 Å². The molecule has 0 amide bonds. The number of aromatic nitrogens is 3. The average Bonchev–Trinajstić information content (AvgIpc) is 2.98. The third-order valence-electron chi connectivity index (χ3n) is 2.89. The molecule has 1 aromatic carbocycles. The van der Waals surface area contributed by atoms with Crippen molar-refractivity contribution in [1.82, 2.24) is 14.8 Å². The van der Waals surface area contributed by atoms with E-state index in [9.17, 15) is 9.18 Å². The second kappa shape index (κ2) is 5.08. The highest BCUT2D eigenvalue weighted by Crippen LogP contribution is 2.15. The molecule has 100 valence electrons. The van der Waals surface area contributed by atoms with Crippen molar-refractivity contribution in [1.29, 1.82) is 0 Å². The summed E-state index contributed by atoms with van der Waals surface area (Å²) in [7, 11) is 0. The van der Waals surface area contributed by atoms with Gasteiger partial charge in [-0.15, -0.1) is 10.2 Å². The molecule has 20 heavy (non-hydrogen) atoms. The Balaban J connectivity index is 2.00. The van der Waals surface area contributed by atoms with E-state index < -0.39 is 0 Å². The van der Waals surface area contributed by atoms with Gasteiger partial charge in [-0.25, -0.2) is 4.39 Å². The Morgan fingerprint density at radius 2 is 2.05 bits per heavy atom. The van der Waals surface area contributed by atoms with E-state index in [-0.39, 0.29) is 17.9 Å². The van der Waals surface area contributed by atoms with Gasteiger partial charge in [-0.2, -0.15) is 0 Å². The number of pyridine rings is 1. The van der Waals surface area contributed by atoms with Crippen LogP contribution in [0, 0.1) is 5.82 Å². The standard InChI is InChI=1S/C14H10FN3O2/c15-12-4-2-1-3-10(12)7-18-8-11(5-6-13(18)19)14-17-16-9-20-14/h1-6,8-9H,7H2. The summed E-state index contributed by atoms with van der Waals surface area (Å²) in [4.78, 5) is 11.8. The number of hydrogen-bond acceptors (Lipinski definition) is 4. The summed E-state index contributed by atoms with van der Waals surface area (Å²) in [6.45, 7) is 0.146. The lowest BCUT2D eigenvalue weighted by atomic mass is 10.2. The highest BCUT2D eigenvalue weighted by Gasteiger charge is 2.08. The highest BCUT2D eigenvalue weighted by atomic mass is 19.1. The summed E-state index contributed by atoms with van der Waals surface area (Å²) in [6, 6.07) is 9.32. The van der Waals surface area contributed by atoms with Crippen molar-refractivity contribution in [3.63, 3.8) is 0 Å². The first-order chi connectivity index (χ1) is 9.74. The SMILES string of the molecule is O=c1ccc(-c2nnco2)cn1Cc1ccccc1F. The smallest absolute Gasteiger partial charge is 0.250 e. The zero-order chi connectivity index (χ0) is 13.9. The Morgan fingerprint density at radius 3 is 2.80 bits per heavy atom. The van der Waals surface area contributed by atoms with Crippen LogP contribution in [0.25, 0.3) is 11.5 Å². The molecule has 0 spiro atoms. The summed E-state index contributed by atoms with van der Waals surface area (Å²) in [5.74, 6) is -0.0325. The lowest BCUT2D eigenvalue weighted by molar-refractivity contribution is 0.566. The summed E-state index contributed by atoms with van der Waals surface area (Å²) >= 11 is 0. The fraction of sp³-hybridized carbons (Fsp3) is 0.0714. The third kappa shape index (κ3) is 2.35. The van der Waals surface area contributed by atoms with Crippen LogP contribution in [0.15, 0.2) is 58.2 Å². The predicted octanol–water partition coefficient (Wildman–Crippen LogP) is 2.09. The van der Waals surface area contributed by atoms with Crippen LogP contribution >= 0.6 is 0 Å². The molecule has 5 nitrogen and oxygen atoms in total. The molecular formula is C14H10FN3O2. The van der Waals surface area contributed by atoms with Gasteiger partial charge in [-0.1, -0.05) is 18.2 Å². The lowest BCUT2D eigenvalue weighted by Crippen LogP contribution is -2.19. The van der Waals surface area contributed by atoms with Gasteiger partial charge in [0.25, 0.3) is 5.56 Å². The summed E-state index contributed by atoms with van der Waals surface area (Å²) < 4.78 is 20.1. The number of hydrogen-bond donors (Lipinski definition) is 0. The van der Waals surface area contributed by atoms with E-state index in [0.717, 1.165) is 0 Å². The van der Waals surface area contributed by atoms with Crippen LogP contribution in [0.5, 0.6) is 0 Å². The minimum Gasteiger partial charge on any atom is -0.423 e. The maximum atomic E-state index is 13.6. The predicted molar refractivity (Wildman–Crippen MR) is 69.5 cm³/mol. The van der Waals surface area contributed by atoms with Crippen LogP contribution in [0.4, 0.5) is 4.39 Å². The first-order valence-corrected chi connectivity index (χ1v) is 5.94. The molecule has 0 bridgehead atoms. The monoisotopic (exact) mass is 271 g/mol. The van der Waals surface area contributed by atoms with Crippen LogP contribution in [0.2, 0.25) is 0 Å². The summed E-state index contributed by atoms with van der Waals surface area (Å²) in [6.07, 6.45) is 2.78. The van der Waals surface area contributed by atoms with E-state index in [2.05, 4.69) is 10.2 Å². The summed E-state index contributed by atoms with van der Waals surface area (Å²) in [5, 5.41) is 7.36. The molecule has 0 saturated carbocycles. The van der Waals surface area contributed by atoms with Gasteiger partial charge in [0.15, 0.2) is 0 Å². The minimum absolute atomic E-state index is 0.146. The van der Waals surface area contributed by atoms with E-state index in [1.165, 1.54) is 23.1 Å². The third-order valence-corrected chi connectivity index (χ3v) is 2.89. The van der Waals surface area contributed by atoms with Gasteiger partial charge >= 0.3 is 0 Å². The van der Waals surface area contributed by atoms with Gasteiger partial charge < -0.3 is 8.98 Å². The van der Waals surface area contributed by atoms with Crippen LogP contribution in [-0.2, 0) is 6.54 Å². The molecule has 0 aliphatic rings. The normalized spacial score (nSPS) is 10.7. The molecule has 2 heterocycles. The lowest BCUT2D eigenvalue weighted by Gasteiger charge is -2.07. The van der Waals surface area contributed by atoms with E-state index in [1.807, 2.05) is 0 Å². The largest absolute Gasteiger partial charge is 0.423 e. The Hall–Kier alpha value is -2.76. The first-order valence-electron chi connectivity index (χ1n) is 5.94. The molecule has 0 saturated heterocycles. The Bertz CT molecular complexity index is 781. The molecule has 0 radical (unpaired) electrons. The average molecular weight is 271 g/mol. The highest BCUT2D eigenvalue weighted by molar-refractivity contribution is 5.50. The van der Waals surface area contributed by atoms with Crippen molar-refractivity contribution in [2.75, 3.05) is 0 Å². The molecule has 3 aromatic rings. The molecule has 0 N–H and O–H groups in total. The molecule has 6 heteroatoms. The van der Waals surface area contributed by atoms with E-state index in [1.54, 1.807) is 30.5 Å². The number of rotatable bonds is 3. The van der Waals surface area contributed by atoms with Gasteiger partial charge in [-0.3, -0.25) is 4.79 Å². The van der Waals surface area contributed by atoms with Crippen molar-refractivity contribution >= 4 is 0 Å². The quantitative estimate of drug-likeness (QED) is 0.731. The van der Waals surface area contributed by atoms with E-state index in [0.29, 0.717) is 17.0 Å². The van der Waals surface area contributed by atoms with Crippen LogP contribution in [0.3, 0.4) is 0 Å². The molecule has 0 fully saturated rings. The number of nitrogens with zero attached hydrogens (tertiary/aromatic N) is 3. The fourth-order valence-corrected chi connectivity index (χ4v) is 1.89. The van der Waals surface area contributed by atoms with E-state index in [4.69, 9.17) is 4.42 Å². The van der Waals surface area contributed by atoms with Crippen molar-refractivity contribution in [2.24, 2.45) is 0 Å². The Kier molecular flexibility index (Phi) is 3.12. The van der Waals surface area contributed by atoms with Gasteiger partial charge in [0.2, 0.25) is 12.3 Å². The van der Waals surface area contributed by atoms with Gasteiger partial charge in [-0.05, 0) is 12.1 Å². The molecule has 0 atom stereocenters. The Morgan fingerprint density at radius 1 is 1.20 bits per heavy atom. The van der Waals surface area contributed by atoms with Crippen molar-refractivity contribution in [2.45, 2.75) is 6.54 Å². The zero-order valence-corrected chi connectivity index (χ0v) is 10.4. The summed E-state index contributed by atoms with van der Waals surface area (Å²) in [5.41, 5.74) is 0.826. The molecule has 0 aliphatic heterocycles. The van der Waals surface area contributed by atoms with Gasteiger partial charge in [0.05, 0.1) is 12.1 Å². The molecule has 3 rings (SSSR count). The maximum absolute atomic E-state index is 13.6. The van der Waals surface area contributed by atoms with Crippen LogP contribution in [-0.4, -0.2) is 14.8 Å². The number of halogens is 1. The second-order valence-electron chi connectivity index (χ2n) is 4.22. The number of benzene rings is 1. The van der Waals surface area contributed by atoms with E-state index >= 15 is 0 Å². The first kappa shape index (κ1) is 12.3. The van der Waals surface area contributed by atoms with Crippen LogP contribution < -0.4 is 5.56 Å². The molecule has 0 aliphatic carbocycles. The maximum Gasteiger partial charge on any atom is 0.250 e. The van der Waals surface area contributed by atoms with Crippen molar-refractivity contribution < 1.29 is 8.81 Å². The zero-order valence-electron chi connectivity index (χ0n) is 10.4. The molecular weight excluding hydrogens is 261 g/mol. The molecule has 0 unspecified atom stereocenters. The van der Waals surface area contributed by atoms with Crippen LogP contribution in [0.1, 0.15) is 5.56 Å². The van der Waals surface area contributed by atoms with Gasteiger partial charge in [0.1, 0.15) is 5.82 Å². The minimum atomic E-state index is -0.345. The Labute approximate surface area is 113 Å². The molecule has 2 aromatic heterocycles. The topological polar surface area (TPSA) is 60.9 Å². The van der Waals surface area contributed by atoms with Crippen molar-refractivity contribution in [3.05, 3.63) is 70.7 Å². The van der Waals surface area contributed by atoms with Crippen molar-refractivity contribution in [3.8, 4) is 11.5 Å².